The van der Waals surface area contributed by atoms with Crippen molar-refractivity contribution < 1.29 is 0 Å². The van der Waals surface area contributed by atoms with Gasteiger partial charge in [-0.3, -0.25) is 4.98 Å². The van der Waals surface area contributed by atoms with E-state index < -0.39 is 0 Å². The molecule has 1 aromatic heterocycles. The van der Waals surface area contributed by atoms with Crippen LogP contribution in [-0.4, -0.2) is 4.98 Å². The van der Waals surface area contributed by atoms with Crippen molar-refractivity contribution in [2.24, 2.45) is 0 Å². The first-order valence-electron chi connectivity index (χ1n) is 7.81. The molecule has 0 spiro atoms. The van der Waals surface area contributed by atoms with Crippen molar-refractivity contribution in [1.29, 1.82) is 0 Å². The van der Waals surface area contributed by atoms with Crippen LogP contribution in [0.1, 0.15) is 5.56 Å². The zero-order valence-electron chi connectivity index (χ0n) is 13.0. The Hall–Kier alpha value is -2.93. The molecule has 110 valence electrons. The van der Waals surface area contributed by atoms with E-state index in [4.69, 9.17) is 0 Å². The normalized spacial score (nSPS) is 10.8. The molecule has 0 aliphatic rings. The third-order valence-electron chi connectivity index (χ3n) is 4.25. The predicted octanol–water partition coefficient (Wildman–Crippen LogP) is 5.88. The number of fused-ring (bicyclic) bond motifs is 1. The van der Waals surface area contributed by atoms with Crippen molar-refractivity contribution in [3.05, 3.63) is 90.8 Å². The van der Waals surface area contributed by atoms with Crippen LogP contribution < -0.4 is 0 Å². The Bertz CT molecular complexity index is 946. The summed E-state index contributed by atoms with van der Waals surface area (Å²) >= 11 is 0. The van der Waals surface area contributed by atoms with Gasteiger partial charge in [-0.05, 0) is 29.0 Å². The Labute approximate surface area is 136 Å². The standard InChI is InChI=1S/C22H17N/c1-16-6-8-17(9-7-16)18-10-12-19(13-11-18)22-15-23-14-20-4-2-3-5-21(20)22/h2-15H,1H3. The van der Waals surface area contributed by atoms with Gasteiger partial charge in [0.15, 0.2) is 0 Å². The number of rotatable bonds is 2. The van der Waals surface area contributed by atoms with Gasteiger partial charge in [-0.2, -0.15) is 0 Å². The molecule has 0 fully saturated rings. The predicted molar refractivity (Wildman–Crippen MR) is 97.4 cm³/mol. The van der Waals surface area contributed by atoms with Gasteiger partial charge in [0.05, 0.1) is 0 Å². The van der Waals surface area contributed by atoms with E-state index in [1.165, 1.54) is 38.6 Å². The lowest BCUT2D eigenvalue weighted by molar-refractivity contribution is 1.36. The van der Waals surface area contributed by atoms with Crippen LogP contribution in [0.15, 0.2) is 85.2 Å². The van der Waals surface area contributed by atoms with Crippen LogP contribution in [0.3, 0.4) is 0 Å². The van der Waals surface area contributed by atoms with Crippen LogP contribution in [0.25, 0.3) is 33.0 Å². The van der Waals surface area contributed by atoms with Gasteiger partial charge in [-0.15, -0.1) is 0 Å². The molecular weight excluding hydrogens is 278 g/mol. The molecule has 0 saturated carbocycles. The maximum absolute atomic E-state index is 4.38. The molecule has 0 amide bonds. The largest absolute Gasteiger partial charge is 0.263 e. The van der Waals surface area contributed by atoms with E-state index in [-0.39, 0.29) is 0 Å². The number of hydrogen-bond acceptors (Lipinski definition) is 1. The molecule has 0 unspecified atom stereocenters. The lowest BCUT2D eigenvalue weighted by atomic mass is 9.98. The molecule has 0 radical (unpaired) electrons. The van der Waals surface area contributed by atoms with Crippen molar-refractivity contribution in [1.82, 2.24) is 4.98 Å². The second kappa shape index (κ2) is 5.69. The molecule has 0 saturated heterocycles. The van der Waals surface area contributed by atoms with Crippen LogP contribution in [0, 0.1) is 6.92 Å². The van der Waals surface area contributed by atoms with Crippen molar-refractivity contribution >= 4 is 10.8 Å². The molecule has 0 bridgehead atoms. The number of aromatic nitrogens is 1. The Kier molecular flexibility index (Phi) is 3.39. The minimum Gasteiger partial charge on any atom is -0.263 e. The van der Waals surface area contributed by atoms with Crippen LogP contribution >= 0.6 is 0 Å². The van der Waals surface area contributed by atoms with Crippen molar-refractivity contribution in [3.8, 4) is 22.3 Å². The lowest BCUT2D eigenvalue weighted by Gasteiger charge is -2.08. The summed E-state index contributed by atoms with van der Waals surface area (Å²) in [7, 11) is 0. The summed E-state index contributed by atoms with van der Waals surface area (Å²) in [5.74, 6) is 0. The highest BCUT2D eigenvalue weighted by molar-refractivity contribution is 5.95. The summed E-state index contributed by atoms with van der Waals surface area (Å²) in [6.07, 6.45) is 3.86. The summed E-state index contributed by atoms with van der Waals surface area (Å²) in [6, 6.07) is 25.7. The van der Waals surface area contributed by atoms with Gasteiger partial charge in [0.2, 0.25) is 0 Å². The molecule has 0 atom stereocenters. The number of benzene rings is 3. The maximum Gasteiger partial charge on any atom is 0.0352 e. The summed E-state index contributed by atoms with van der Waals surface area (Å²) in [5.41, 5.74) is 6.15. The van der Waals surface area contributed by atoms with E-state index in [0.29, 0.717) is 0 Å². The molecule has 4 aromatic rings. The van der Waals surface area contributed by atoms with E-state index in [2.05, 4.69) is 78.6 Å². The lowest BCUT2D eigenvalue weighted by Crippen LogP contribution is -1.84. The Balaban J connectivity index is 1.77. The van der Waals surface area contributed by atoms with Crippen molar-refractivity contribution in [2.45, 2.75) is 6.92 Å². The van der Waals surface area contributed by atoms with Crippen LogP contribution in [0.2, 0.25) is 0 Å². The molecule has 1 heteroatoms. The smallest absolute Gasteiger partial charge is 0.0352 e. The second-order valence-corrected chi connectivity index (χ2v) is 5.85. The highest BCUT2D eigenvalue weighted by Crippen LogP contribution is 2.29. The fourth-order valence-corrected chi connectivity index (χ4v) is 2.93. The van der Waals surface area contributed by atoms with E-state index >= 15 is 0 Å². The van der Waals surface area contributed by atoms with Gasteiger partial charge >= 0.3 is 0 Å². The zero-order chi connectivity index (χ0) is 15.6. The minimum absolute atomic E-state index is 1.17. The van der Waals surface area contributed by atoms with Crippen molar-refractivity contribution in [2.75, 3.05) is 0 Å². The van der Waals surface area contributed by atoms with Crippen molar-refractivity contribution in [3.63, 3.8) is 0 Å². The monoisotopic (exact) mass is 295 g/mol. The first-order valence-corrected chi connectivity index (χ1v) is 7.81. The highest BCUT2D eigenvalue weighted by atomic mass is 14.6. The third kappa shape index (κ3) is 2.62. The summed E-state index contributed by atoms with van der Waals surface area (Å²) in [6.45, 7) is 2.11. The summed E-state index contributed by atoms with van der Waals surface area (Å²) in [5, 5.41) is 2.41. The van der Waals surface area contributed by atoms with E-state index in [0.717, 1.165) is 0 Å². The van der Waals surface area contributed by atoms with Crippen LogP contribution in [-0.2, 0) is 0 Å². The molecule has 1 heterocycles. The van der Waals surface area contributed by atoms with E-state index in [9.17, 15) is 0 Å². The van der Waals surface area contributed by atoms with Gasteiger partial charge < -0.3 is 0 Å². The SMILES string of the molecule is Cc1ccc(-c2ccc(-c3cncc4ccccc34)cc2)cc1. The Morgan fingerprint density at radius 2 is 1.22 bits per heavy atom. The number of nitrogens with zero attached hydrogens (tertiary/aromatic N) is 1. The number of aryl methyl sites for hydroxylation is 1. The molecule has 0 N–H and O–H groups in total. The second-order valence-electron chi connectivity index (χ2n) is 5.85. The molecule has 23 heavy (non-hydrogen) atoms. The summed E-state index contributed by atoms with van der Waals surface area (Å²) < 4.78 is 0. The maximum atomic E-state index is 4.38. The average Bonchev–Trinajstić information content (AvgIpc) is 2.62. The van der Waals surface area contributed by atoms with Crippen LogP contribution in [0.4, 0.5) is 0 Å². The quantitative estimate of drug-likeness (QED) is 0.450. The Morgan fingerprint density at radius 3 is 1.96 bits per heavy atom. The zero-order valence-corrected chi connectivity index (χ0v) is 13.0. The van der Waals surface area contributed by atoms with Crippen LogP contribution in [0.5, 0.6) is 0 Å². The highest BCUT2D eigenvalue weighted by Gasteiger charge is 2.05. The minimum atomic E-state index is 1.17. The number of hydrogen-bond donors (Lipinski definition) is 0. The fraction of sp³-hybridized carbons (Fsp3) is 0.0455. The third-order valence-corrected chi connectivity index (χ3v) is 4.25. The van der Waals surface area contributed by atoms with E-state index in [1.54, 1.807) is 0 Å². The average molecular weight is 295 g/mol. The van der Waals surface area contributed by atoms with Gasteiger partial charge in [0.25, 0.3) is 0 Å². The molecule has 4 rings (SSSR count). The van der Waals surface area contributed by atoms with Gasteiger partial charge in [-0.1, -0.05) is 78.4 Å². The Morgan fingerprint density at radius 1 is 0.609 bits per heavy atom. The van der Waals surface area contributed by atoms with E-state index in [1.807, 2.05) is 18.5 Å². The first-order chi connectivity index (χ1) is 11.3. The summed E-state index contributed by atoms with van der Waals surface area (Å²) in [4.78, 5) is 4.38. The first kappa shape index (κ1) is 13.7. The van der Waals surface area contributed by atoms with Gasteiger partial charge in [0, 0.05) is 23.3 Å². The molecule has 0 aliphatic heterocycles. The molecule has 0 aliphatic carbocycles. The topological polar surface area (TPSA) is 12.9 Å². The van der Waals surface area contributed by atoms with Gasteiger partial charge in [0.1, 0.15) is 0 Å². The fourth-order valence-electron chi connectivity index (χ4n) is 2.93. The molecular formula is C22H17N. The molecule has 1 nitrogen and oxygen atoms in total. The van der Waals surface area contributed by atoms with Gasteiger partial charge in [-0.25, -0.2) is 0 Å². The number of pyridine rings is 1. The molecule has 3 aromatic carbocycles.